The van der Waals surface area contributed by atoms with Gasteiger partial charge in [-0.2, -0.15) is 0 Å². The molecule has 0 fully saturated rings. The topological polar surface area (TPSA) is 95.9 Å². The van der Waals surface area contributed by atoms with Gasteiger partial charge in [-0.3, -0.25) is 9.59 Å². The van der Waals surface area contributed by atoms with Crippen LogP contribution in [-0.2, 0) is 14.3 Å². The second-order valence-electron chi connectivity index (χ2n) is 30.6. The molecule has 1 amide bonds. The van der Waals surface area contributed by atoms with Crippen LogP contribution in [0.3, 0.4) is 0 Å². The molecule has 2 unspecified atom stereocenters. The molecule has 568 valence electrons. The summed E-state index contributed by atoms with van der Waals surface area (Å²) in [7, 11) is 0. The zero-order chi connectivity index (χ0) is 69.1. The summed E-state index contributed by atoms with van der Waals surface area (Å²) in [5.74, 6) is -0.0393. The van der Waals surface area contributed by atoms with Gasteiger partial charge in [0.25, 0.3) is 0 Å². The highest BCUT2D eigenvalue weighted by molar-refractivity contribution is 5.76. The molecule has 0 aliphatic heterocycles. The molecule has 0 aliphatic rings. The number of aliphatic hydroxyl groups is 2. The van der Waals surface area contributed by atoms with E-state index in [-0.39, 0.29) is 18.5 Å². The molecule has 0 aliphatic carbocycles. The molecular formula is C90H173NO5. The van der Waals surface area contributed by atoms with Crippen molar-refractivity contribution in [3.63, 3.8) is 0 Å². The molecule has 0 heterocycles. The van der Waals surface area contributed by atoms with Crippen molar-refractivity contribution in [1.82, 2.24) is 5.32 Å². The Labute approximate surface area is 602 Å². The Balaban J connectivity index is 3.32. The van der Waals surface area contributed by atoms with Crippen molar-refractivity contribution in [1.29, 1.82) is 0 Å². The van der Waals surface area contributed by atoms with E-state index in [1.165, 1.54) is 424 Å². The second kappa shape index (κ2) is 85.5. The minimum Gasteiger partial charge on any atom is -0.466 e. The lowest BCUT2D eigenvalue weighted by Crippen LogP contribution is -2.45. The Morgan fingerprint density at radius 3 is 0.812 bits per heavy atom. The fourth-order valence-electron chi connectivity index (χ4n) is 14.2. The summed E-state index contributed by atoms with van der Waals surface area (Å²) in [5.41, 5.74) is 0. The highest BCUT2D eigenvalue weighted by atomic mass is 16.5. The van der Waals surface area contributed by atoms with E-state index in [2.05, 4.69) is 43.5 Å². The third-order valence-corrected chi connectivity index (χ3v) is 20.9. The third kappa shape index (κ3) is 81.0. The first-order valence-electron chi connectivity index (χ1n) is 44.3. The van der Waals surface area contributed by atoms with E-state index in [0.29, 0.717) is 19.4 Å². The van der Waals surface area contributed by atoms with Gasteiger partial charge in [-0.1, -0.05) is 461 Å². The number of allylic oxidation sites excluding steroid dienone is 5. The van der Waals surface area contributed by atoms with Crippen molar-refractivity contribution >= 4 is 11.9 Å². The van der Waals surface area contributed by atoms with Gasteiger partial charge in [0.2, 0.25) is 5.91 Å². The van der Waals surface area contributed by atoms with Crippen molar-refractivity contribution in [2.45, 2.75) is 514 Å². The standard InChI is InChI=1S/C90H173NO5/c1-3-5-7-9-11-13-15-17-19-21-22-23-41-44-47-51-54-58-62-66-70-74-78-82-88(93)87(86-92)91-89(94)83-79-75-71-67-63-59-55-52-48-45-42-39-37-35-33-31-29-27-25-24-26-28-30-32-34-36-38-40-43-46-49-53-57-61-65-69-73-77-81-85-96-90(95)84-80-76-72-68-64-60-56-50-20-18-16-14-12-10-8-6-4-2/h12,14,18,20,78,82,87-88,92-93H,3-11,13,15-17,19,21-77,79-81,83-86H2,1-2H3,(H,91,94)/b14-12-,20-18-,82-78+. The lowest BCUT2D eigenvalue weighted by atomic mass is 10.0. The van der Waals surface area contributed by atoms with E-state index in [4.69, 9.17) is 4.74 Å². The van der Waals surface area contributed by atoms with E-state index in [1.54, 1.807) is 6.08 Å². The minimum atomic E-state index is -0.842. The number of carbonyl (C=O) groups excluding carboxylic acids is 2. The Morgan fingerprint density at radius 2 is 0.521 bits per heavy atom. The van der Waals surface area contributed by atoms with Crippen molar-refractivity contribution in [3.8, 4) is 0 Å². The van der Waals surface area contributed by atoms with Crippen LogP contribution < -0.4 is 5.32 Å². The number of esters is 1. The maximum absolute atomic E-state index is 12.6. The molecule has 3 N–H and O–H groups in total. The first kappa shape index (κ1) is 94.1. The molecular weight excluding hydrogens is 1170 g/mol. The Hall–Kier alpha value is -1.92. The number of unbranched alkanes of at least 4 members (excludes halogenated alkanes) is 69. The highest BCUT2D eigenvalue weighted by Crippen LogP contribution is 2.21. The van der Waals surface area contributed by atoms with Gasteiger partial charge in [-0.25, -0.2) is 0 Å². The molecule has 6 heteroatoms. The number of hydrogen-bond donors (Lipinski definition) is 3. The van der Waals surface area contributed by atoms with Crippen LogP contribution in [0.5, 0.6) is 0 Å². The van der Waals surface area contributed by atoms with Gasteiger partial charge in [0, 0.05) is 12.8 Å². The van der Waals surface area contributed by atoms with Gasteiger partial charge in [0.15, 0.2) is 0 Å². The third-order valence-electron chi connectivity index (χ3n) is 20.9. The maximum atomic E-state index is 12.6. The van der Waals surface area contributed by atoms with E-state index < -0.39 is 12.1 Å². The summed E-state index contributed by atoms with van der Waals surface area (Å²) in [6, 6.07) is -0.625. The van der Waals surface area contributed by atoms with Crippen LogP contribution in [0.25, 0.3) is 0 Å². The van der Waals surface area contributed by atoms with E-state index in [0.717, 1.165) is 51.4 Å². The van der Waals surface area contributed by atoms with Gasteiger partial charge >= 0.3 is 5.97 Å². The number of hydrogen-bond acceptors (Lipinski definition) is 5. The first-order chi connectivity index (χ1) is 47.5. The zero-order valence-electron chi connectivity index (χ0n) is 65.4. The molecule has 6 nitrogen and oxygen atoms in total. The Bertz CT molecular complexity index is 1560. The smallest absolute Gasteiger partial charge is 0.305 e. The fraction of sp³-hybridized carbons (Fsp3) is 0.911. The molecule has 0 aromatic heterocycles. The molecule has 0 radical (unpaired) electrons. The number of carbonyl (C=O) groups is 2. The van der Waals surface area contributed by atoms with Crippen LogP contribution in [0, 0.1) is 0 Å². The van der Waals surface area contributed by atoms with Crippen molar-refractivity contribution in [3.05, 3.63) is 36.5 Å². The quantitative estimate of drug-likeness (QED) is 0.0320. The van der Waals surface area contributed by atoms with Crippen LogP contribution in [0.4, 0.5) is 0 Å². The van der Waals surface area contributed by atoms with Gasteiger partial charge in [-0.05, 0) is 64.2 Å². The monoisotopic (exact) mass is 1350 g/mol. The Kier molecular flexibility index (Phi) is 83.8. The molecule has 2 atom stereocenters. The first-order valence-corrected chi connectivity index (χ1v) is 44.3. The summed E-state index contributed by atoms with van der Waals surface area (Å²) >= 11 is 0. The van der Waals surface area contributed by atoms with Crippen LogP contribution in [0.15, 0.2) is 36.5 Å². The van der Waals surface area contributed by atoms with Gasteiger partial charge in [0.1, 0.15) is 0 Å². The van der Waals surface area contributed by atoms with Gasteiger partial charge in [-0.15, -0.1) is 0 Å². The van der Waals surface area contributed by atoms with Crippen LogP contribution in [0.2, 0.25) is 0 Å². The van der Waals surface area contributed by atoms with E-state index >= 15 is 0 Å². The molecule has 96 heavy (non-hydrogen) atoms. The SMILES string of the molecule is CCCCC/C=C\C/C=C\CCCCCCCCCC(=O)OCCCCCCCCCCCCCCCCCCCCCCCCCCCCCCCCCCCCCCCCCC(=O)NC(CO)C(O)/C=C/CCCCCCCCCCCCCCCCCCCCCCC. The lowest BCUT2D eigenvalue weighted by Gasteiger charge is -2.20. The largest absolute Gasteiger partial charge is 0.466 e. The highest BCUT2D eigenvalue weighted by Gasteiger charge is 2.18. The molecule has 0 spiro atoms. The average molecular weight is 1350 g/mol. The molecule has 0 aromatic rings. The Morgan fingerprint density at radius 1 is 0.292 bits per heavy atom. The van der Waals surface area contributed by atoms with Crippen molar-refractivity contribution in [2.75, 3.05) is 13.2 Å². The molecule has 0 bridgehead atoms. The predicted octanol–water partition coefficient (Wildman–Crippen LogP) is 29.7. The molecule has 0 saturated heterocycles. The van der Waals surface area contributed by atoms with Gasteiger partial charge < -0.3 is 20.3 Å². The summed E-state index contributed by atoms with van der Waals surface area (Å²) in [5, 5.41) is 23.3. The minimum absolute atomic E-state index is 0.0170. The summed E-state index contributed by atoms with van der Waals surface area (Å²) in [6.07, 6.45) is 113. The maximum Gasteiger partial charge on any atom is 0.305 e. The van der Waals surface area contributed by atoms with Crippen LogP contribution in [0.1, 0.15) is 502 Å². The van der Waals surface area contributed by atoms with E-state index in [1.807, 2.05) is 6.08 Å². The lowest BCUT2D eigenvalue weighted by molar-refractivity contribution is -0.143. The number of amides is 1. The summed E-state index contributed by atoms with van der Waals surface area (Å²) in [4.78, 5) is 24.7. The second-order valence-corrected chi connectivity index (χ2v) is 30.6. The molecule has 0 saturated carbocycles. The van der Waals surface area contributed by atoms with Gasteiger partial charge in [0.05, 0.1) is 25.4 Å². The summed E-state index contributed by atoms with van der Waals surface area (Å²) in [6.45, 7) is 4.94. The molecule has 0 aromatic carbocycles. The normalized spacial score (nSPS) is 12.6. The average Bonchev–Trinajstić information content (AvgIpc) is 3.15. The number of aliphatic hydroxyl groups excluding tert-OH is 2. The van der Waals surface area contributed by atoms with Crippen LogP contribution >= 0.6 is 0 Å². The van der Waals surface area contributed by atoms with E-state index in [9.17, 15) is 19.8 Å². The zero-order valence-corrected chi connectivity index (χ0v) is 65.4. The number of rotatable bonds is 84. The van der Waals surface area contributed by atoms with Crippen molar-refractivity contribution in [2.24, 2.45) is 0 Å². The van der Waals surface area contributed by atoms with Crippen LogP contribution in [-0.4, -0.2) is 47.4 Å². The summed E-state index contributed by atoms with van der Waals surface area (Å²) < 4.78 is 5.51. The van der Waals surface area contributed by atoms with Crippen molar-refractivity contribution < 1.29 is 24.5 Å². The number of nitrogens with one attached hydrogen (secondary N) is 1. The molecule has 0 rings (SSSR count). The predicted molar refractivity (Wildman–Crippen MR) is 426 cm³/mol. The fourth-order valence-corrected chi connectivity index (χ4v) is 14.2. The number of ether oxygens (including phenoxy) is 1.